The summed E-state index contributed by atoms with van der Waals surface area (Å²) in [6.45, 7) is 28.8. The predicted molar refractivity (Wildman–Crippen MR) is 246 cm³/mol. The van der Waals surface area contributed by atoms with Crippen LogP contribution in [0.15, 0.2) is 107 Å². The highest BCUT2D eigenvalue weighted by Crippen LogP contribution is 2.47. The Morgan fingerprint density at radius 3 is 1.93 bits per heavy atom. The van der Waals surface area contributed by atoms with E-state index in [1.165, 1.54) is 33.4 Å². The van der Waals surface area contributed by atoms with Crippen LogP contribution in [0, 0.1) is 6.92 Å². The summed E-state index contributed by atoms with van der Waals surface area (Å²) in [4.78, 5) is 29.7. The summed E-state index contributed by atoms with van der Waals surface area (Å²) in [6.07, 6.45) is 0.835. The molecular weight excluding hydrogens is 725 g/mol. The maximum absolute atomic E-state index is 13.5. The Bertz CT molecular complexity index is 2680. The zero-order valence-corrected chi connectivity index (χ0v) is 37.3. The number of nitrogens with one attached hydrogen (secondary N) is 1. The topological polar surface area (TPSA) is 70.6 Å². The van der Waals surface area contributed by atoms with Gasteiger partial charge in [-0.1, -0.05) is 138 Å². The van der Waals surface area contributed by atoms with Gasteiger partial charge in [-0.2, -0.15) is 0 Å². The molecule has 2 aliphatic rings. The predicted octanol–water partition coefficient (Wildman–Crippen LogP) is 12.8. The van der Waals surface area contributed by atoms with Crippen LogP contribution in [-0.4, -0.2) is 21.8 Å². The summed E-state index contributed by atoms with van der Waals surface area (Å²) in [5, 5.41) is 0.832. The fraction of sp³-hybridized carbons (Fsp3) is 0.377. The van der Waals surface area contributed by atoms with Crippen molar-refractivity contribution in [1.82, 2.24) is 9.97 Å². The van der Waals surface area contributed by atoms with E-state index < -0.39 is 0 Å². The summed E-state index contributed by atoms with van der Waals surface area (Å²) in [5.74, 6) is 1.96. The molecule has 2 aromatic heterocycles. The second kappa shape index (κ2) is 14.1. The van der Waals surface area contributed by atoms with Gasteiger partial charge in [-0.15, -0.1) is 0 Å². The van der Waals surface area contributed by atoms with Crippen LogP contribution in [0.1, 0.15) is 134 Å². The standard InChI is InChI=1S/C53H60N4O2/c1-31-22-45(55-47-42(31)30-44(53(11,12)13)54-49(47)58)59-38-24-33(23-34(29-38)50(2,3)4)48-56-46-41-21-17-16-20-40(41)39-19-15-14-18-32(39)25-43(46)57(48)37-27-35(51(5,6)7)26-36(28-37)52(8,9)10/h14-24,26-30,43,46H,25H2,1-13H3,(H,54,58)/t43-,46-/m0/s1. The van der Waals surface area contributed by atoms with E-state index in [-0.39, 0.29) is 39.3 Å². The Balaban J connectivity index is 1.34. The monoisotopic (exact) mass is 784 g/mol. The molecule has 4 aromatic carbocycles. The van der Waals surface area contributed by atoms with Crippen LogP contribution in [0.5, 0.6) is 11.6 Å². The third-order valence-corrected chi connectivity index (χ3v) is 12.2. The molecule has 3 heterocycles. The minimum absolute atomic E-state index is 0.0232. The second-order valence-corrected chi connectivity index (χ2v) is 21.0. The number of aromatic nitrogens is 2. The normalized spacial score (nSPS) is 17.0. The number of benzene rings is 4. The van der Waals surface area contributed by atoms with Crippen LogP contribution < -0.4 is 15.2 Å². The molecule has 8 rings (SSSR count). The quantitative estimate of drug-likeness (QED) is 0.193. The largest absolute Gasteiger partial charge is 0.439 e. The number of amidine groups is 1. The number of hydrogen-bond acceptors (Lipinski definition) is 5. The molecule has 304 valence electrons. The molecular formula is C53H60N4O2. The molecule has 0 unspecified atom stereocenters. The number of nitrogens with zero attached hydrogens (tertiary/aromatic N) is 3. The van der Waals surface area contributed by atoms with Gasteiger partial charge in [-0.05, 0) is 110 Å². The van der Waals surface area contributed by atoms with E-state index in [2.05, 4.69) is 178 Å². The number of aryl methyl sites for hydroxylation is 1. The number of ether oxygens (including phenoxy) is 1. The number of pyridine rings is 2. The molecule has 0 spiro atoms. The average Bonchev–Trinajstić information content (AvgIpc) is 3.46. The lowest BCUT2D eigenvalue weighted by Crippen LogP contribution is -2.40. The number of aliphatic imine (C=N–C) groups is 1. The maximum Gasteiger partial charge on any atom is 0.274 e. The molecule has 0 bridgehead atoms. The highest BCUT2D eigenvalue weighted by molar-refractivity contribution is 6.12. The first-order valence-corrected chi connectivity index (χ1v) is 21.2. The second-order valence-electron chi connectivity index (χ2n) is 21.0. The van der Waals surface area contributed by atoms with Gasteiger partial charge in [-0.3, -0.25) is 9.79 Å². The Morgan fingerprint density at radius 2 is 1.29 bits per heavy atom. The first-order valence-electron chi connectivity index (χ1n) is 21.2. The first kappa shape index (κ1) is 40.3. The minimum atomic E-state index is -0.214. The maximum atomic E-state index is 13.5. The summed E-state index contributed by atoms with van der Waals surface area (Å²) in [7, 11) is 0. The van der Waals surface area contributed by atoms with Gasteiger partial charge in [0.1, 0.15) is 17.1 Å². The van der Waals surface area contributed by atoms with E-state index in [0.29, 0.717) is 17.1 Å². The number of anilines is 1. The fourth-order valence-corrected chi connectivity index (χ4v) is 8.55. The van der Waals surface area contributed by atoms with Crippen molar-refractivity contribution in [3.05, 3.63) is 152 Å². The van der Waals surface area contributed by atoms with Crippen LogP contribution in [0.2, 0.25) is 0 Å². The van der Waals surface area contributed by atoms with E-state index >= 15 is 0 Å². The molecule has 59 heavy (non-hydrogen) atoms. The van der Waals surface area contributed by atoms with Gasteiger partial charge in [0.2, 0.25) is 5.88 Å². The molecule has 0 saturated carbocycles. The summed E-state index contributed by atoms with van der Waals surface area (Å²) in [5.41, 5.74) is 12.4. The zero-order valence-electron chi connectivity index (χ0n) is 37.3. The number of hydrogen-bond donors (Lipinski definition) is 1. The molecule has 0 radical (unpaired) electrons. The van der Waals surface area contributed by atoms with Crippen molar-refractivity contribution in [3.63, 3.8) is 0 Å². The Hall–Kier alpha value is -5.49. The van der Waals surface area contributed by atoms with E-state index in [0.717, 1.165) is 45.7 Å². The van der Waals surface area contributed by atoms with Crippen molar-refractivity contribution in [3.8, 4) is 22.8 Å². The lowest BCUT2D eigenvalue weighted by atomic mass is 9.80. The van der Waals surface area contributed by atoms with Crippen LogP contribution in [0.4, 0.5) is 5.69 Å². The molecule has 1 N–H and O–H groups in total. The molecule has 0 fully saturated rings. The van der Waals surface area contributed by atoms with Crippen molar-refractivity contribution in [1.29, 1.82) is 0 Å². The third-order valence-electron chi connectivity index (χ3n) is 12.2. The first-order chi connectivity index (χ1) is 27.6. The van der Waals surface area contributed by atoms with E-state index in [9.17, 15) is 4.79 Å². The van der Waals surface area contributed by atoms with Gasteiger partial charge in [-0.25, -0.2) is 4.98 Å². The van der Waals surface area contributed by atoms with E-state index in [1.807, 2.05) is 19.1 Å². The molecule has 0 saturated heterocycles. The Morgan fingerprint density at radius 1 is 0.678 bits per heavy atom. The zero-order chi connectivity index (χ0) is 42.4. The average molecular weight is 785 g/mol. The van der Waals surface area contributed by atoms with Crippen molar-refractivity contribution < 1.29 is 4.74 Å². The highest BCUT2D eigenvalue weighted by Gasteiger charge is 2.42. The molecule has 2 atom stereocenters. The molecule has 6 heteroatoms. The molecule has 1 aliphatic carbocycles. The van der Waals surface area contributed by atoms with Gasteiger partial charge in [0, 0.05) is 33.8 Å². The molecule has 1 aliphatic heterocycles. The van der Waals surface area contributed by atoms with Gasteiger partial charge in [0.25, 0.3) is 5.56 Å². The number of fused-ring (bicyclic) bond motifs is 6. The summed E-state index contributed by atoms with van der Waals surface area (Å²) >= 11 is 0. The van der Waals surface area contributed by atoms with Gasteiger partial charge >= 0.3 is 0 Å². The number of H-pyrrole nitrogens is 1. The Labute approximate surface area is 350 Å². The van der Waals surface area contributed by atoms with Crippen molar-refractivity contribution in [2.24, 2.45) is 4.99 Å². The van der Waals surface area contributed by atoms with Crippen LogP contribution >= 0.6 is 0 Å². The van der Waals surface area contributed by atoms with Crippen LogP contribution in [0.25, 0.3) is 22.0 Å². The van der Waals surface area contributed by atoms with E-state index in [1.54, 1.807) is 0 Å². The minimum Gasteiger partial charge on any atom is -0.439 e. The van der Waals surface area contributed by atoms with Gasteiger partial charge in [0.15, 0.2) is 0 Å². The molecule has 0 amide bonds. The van der Waals surface area contributed by atoms with Crippen LogP contribution in [-0.2, 0) is 28.1 Å². The smallest absolute Gasteiger partial charge is 0.274 e. The van der Waals surface area contributed by atoms with Crippen molar-refractivity contribution in [2.75, 3.05) is 4.90 Å². The van der Waals surface area contributed by atoms with Crippen molar-refractivity contribution in [2.45, 2.75) is 130 Å². The molecule has 6 aromatic rings. The SMILES string of the molecule is Cc1cc(Oc2cc(C3=N[C@H]4c5ccccc5-c5ccccc5C[C@@H]4N3c3cc(C(C)(C)C)cc(C(C)(C)C)c3)cc(C(C)(C)C)c2)nc2c(=O)[nH]c(C(C)(C)C)cc12. The van der Waals surface area contributed by atoms with E-state index in [4.69, 9.17) is 14.7 Å². The summed E-state index contributed by atoms with van der Waals surface area (Å²) in [6, 6.07) is 35.3. The van der Waals surface area contributed by atoms with Crippen molar-refractivity contribution >= 4 is 22.4 Å². The van der Waals surface area contributed by atoms with Gasteiger partial charge in [0.05, 0.1) is 12.1 Å². The molecule has 6 nitrogen and oxygen atoms in total. The van der Waals surface area contributed by atoms with Crippen LogP contribution in [0.3, 0.4) is 0 Å². The Kier molecular flexibility index (Phi) is 9.61. The highest BCUT2D eigenvalue weighted by atomic mass is 16.5. The lowest BCUT2D eigenvalue weighted by molar-refractivity contribution is 0.461. The third kappa shape index (κ3) is 7.63. The number of aromatic amines is 1. The fourth-order valence-electron chi connectivity index (χ4n) is 8.55. The van der Waals surface area contributed by atoms with Gasteiger partial charge < -0.3 is 14.6 Å². The lowest BCUT2D eigenvalue weighted by Gasteiger charge is -2.34. The number of rotatable bonds is 4. The summed E-state index contributed by atoms with van der Waals surface area (Å²) < 4.78 is 6.73.